The summed E-state index contributed by atoms with van der Waals surface area (Å²) in [7, 11) is 0. The van der Waals surface area contributed by atoms with Gasteiger partial charge in [0.25, 0.3) is 0 Å². The Hall–Kier alpha value is -2.93. The maximum atomic E-state index is 11.3. The first-order valence-electron chi connectivity index (χ1n) is 10.4. The Morgan fingerprint density at radius 1 is 1.38 bits per heavy atom. The van der Waals surface area contributed by atoms with Crippen molar-refractivity contribution in [3.8, 4) is 0 Å². The van der Waals surface area contributed by atoms with Crippen LogP contribution in [-0.4, -0.2) is 38.9 Å². The van der Waals surface area contributed by atoms with Crippen LogP contribution in [-0.2, 0) is 6.42 Å². The summed E-state index contributed by atoms with van der Waals surface area (Å²) >= 11 is 0. The lowest BCUT2D eigenvalue weighted by Gasteiger charge is -2.24. The predicted octanol–water partition coefficient (Wildman–Crippen LogP) is 5.02. The van der Waals surface area contributed by atoms with Crippen LogP contribution in [0, 0.1) is 10.1 Å². The van der Waals surface area contributed by atoms with Crippen molar-refractivity contribution in [2.45, 2.75) is 45.1 Å². The number of aromatic nitrogens is 2. The number of anilines is 2. The van der Waals surface area contributed by atoms with Crippen LogP contribution in [0.2, 0.25) is 0 Å². The molecule has 1 aliphatic rings. The highest BCUT2D eigenvalue weighted by molar-refractivity contribution is 5.87. The topological polar surface area (TPSA) is 87.1 Å². The minimum Gasteiger partial charge on any atom is -0.361 e. The lowest BCUT2D eigenvalue weighted by molar-refractivity contribution is -0.384. The molecule has 0 aliphatic carbocycles. The second kappa shape index (κ2) is 8.61. The number of benzene rings is 1. The Labute approximate surface area is 170 Å². The minimum absolute atomic E-state index is 0.0283. The smallest absolute Gasteiger partial charge is 0.311 e. The van der Waals surface area contributed by atoms with Gasteiger partial charge in [-0.25, -0.2) is 4.98 Å². The monoisotopic (exact) mass is 393 g/mol. The molecule has 0 radical (unpaired) electrons. The van der Waals surface area contributed by atoms with Gasteiger partial charge in [-0.05, 0) is 68.6 Å². The van der Waals surface area contributed by atoms with E-state index in [2.05, 4.69) is 39.4 Å². The summed E-state index contributed by atoms with van der Waals surface area (Å²) in [5.74, 6) is 0.260. The van der Waals surface area contributed by atoms with Gasteiger partial charge in [0.2, 0.25) is 5.82 Å². The first kappa shape index (κ1) is 19.4. The van der Waals surface area contributed by atoms with Crippen LogP contribution in [0.3, 0.4) is 0 Å². The van der Waals surface area contributed by atoms with Gasteiger partial charge in [0.05, 0.1) is 4.92 Å². The molecule has 29 heavy (non-hydrogen) atoms. The van der Waals surface area contributed by atoms with E-state index in [9.17, 15) is 10.1 Å². The predicted molar refractivity (Wildman–Crippen MR) is 116 cm³/mol. The number of unbranched alkanes of at least 4 members (excludes halogenated alkanes) is 1. The van der Waals surface area contributed by atoms with E-state index < -0.39 is 4.92 Å². The minimum atomic E-state index is -0.416. The Morgan fingerprint density at radius 2 is 2.28 bits per heavy atom. The molecule has 1 aromatic carbocycles. The van der Waals surface area contributed by atoms with Gasteiger partial charge in [-0.1, -0.05) is 13.3 Å². The first-order valence-corrected chi connectivity index (χ1v) is 10.4. The van der Waals surface area contributed by atoms with Crippen LogP contribution < -0.4 is 5.32 Å². The number of fused-ring (bicyclic) bond motifs is 1. The molecule has 0 bridgehead atoms. The number of likely N-dealkylation sites (tertiary alicyclic amines) is 1. The fraction of sp³-hybridized carbons (Fsp3) is 0.409. The number of nitrogens with one attached hydrogen (secondary N) is 2. The highest BCUT2D eigenvalue weighted by Gasteiger charge is 2.25. The standard InChI is InChI=1S/C22H27N5O2/c1-2-3-11-26-12-5-6-18(26)13-16-15-24-20-9-8-17(14-19(16)20)25-22-21(27(28)29)7-4-10-23-22/h4,7-10,14-15,18,24H,2-3,5-6,11-13H2,1H3,(H,23,25)/t18-/m1/s1. The molecular weight excluding hydrogens is 366 g/mol. The molecule has 7 nitrogen and oxygen atoms in total. The number of rotatable bonds is 8. The van der Waals surface area contributed by atoms with Crippen LogP contribution in [0.1, 0.15) is 38.2 Å². The third-order valence-corrected chi connectivity index (χ3v) is 5.77. The zero-order chi connectivity index (χ0) is 20.2. The molecule has 1 aliphatic heterocycles. The van der Waals surface area contributed by atoms with Crippen molar-refractivity contribution >= 4 is 28.1 Å². The summed E-state index contributed by atoms with van der Waals surface area (Å²) < 4.78 is 0. The van der Waals surface area contributed by atoms with E-state index in [4.69, 9.17) is 0 Å². The van der Waals surface area contributed by atoms with E-state index in [-0.39, 0.29) is 11.5 Å². The second-order valence-electron chi connectivity index (χ2n) is 7.72. The summed E-state index contributed by atoms with van der Waals surface area (Å²) in [4.78, 5) is 21.0. The van der Waals surface area contributed by atoms with Crippen LogP contribution in [0.4, 0.5) is 17.2 Å². The zero-order valence-electron chi connectivity index (χ0n) is 16.7. The third kappa shape index (κ3) is 4.24. The van der Waals surface area contributed by atoms with Crippen LogP contribution >= 0.6 is 0 Å². The number of H-pyrrole nitrogens is 1. The normalized spacial score (nSPS) is 17.1. The van der Waals surface area contributed by atoms with E-state index in [1.165, 1.54) is 50.4 Å². The molecular formula is C22H27N5O2. The molecule has 4 rings (SSSR count). The maximum absolute atomic E-state index is 11.3. The van der Waals surface area contributed by atoms with Gasteiger partial charge in [-0.2, -0.15) is 0 Å². The van der Waals surface area contributed by atoms with Gasteiger partial charge in [-0.3, -0.25) is 10.1 Å². The summed E-state index contributed by atoms with van der Waals surface area (Å²) in [5.41, 5.74) is 3.15. The molecule has 3 aromatic rings. The summed E-state index contributed by atoms with van der Waals surface area (Å²) in [6.07, 6.45) is 9.68. The average Bonchev–Trinajstić information content (AvgIpc) is 3.34. The largest absolute Gasteiger partial charge is 0.361 e. The molecule has 0 amide bonds. The van der Waals surface area contributed by atoms with E-state index in [0.29, 0.717) is 6.04 Å². The van der Waals surface area contributed by atoms with Crippen molar-refractivity contribution in [2.75, 3.05) is 18.4 Å². The summed E-state index contributed by atoms with van der Waals surface area (Å²) in [5, 5.41) is 15.5. The quantitative estimate of drug-likeness (QED) is 0.414. The fourth-order valence-electron chi connectivity index (χ4n) is 4.24. The number of nitrogens with zero attached hydrogens (tertiary/aromatic N) is 3. The van der Waals surface area contributed by atoms with Crippen LogP contribution in [0.25, 0.3) is 10.9 Å². The molecule has 7 heteroatoms. The lowest BCUT2D eigenvalue weighted by atomic mass is 10.0. The lowest BCUT2D eigenvalue weighted by Crippen LogP contribution is -2.31. The second-order valence-corrected chi connectivity index (χ2v) is 7.72. The van der Waals surface area contributed by atoms with E-state index in [1.807, 2.05) is 12.1 Å². The van der Waals surface area contributed by atoms with Crippen molar-refractivity contribution in [1.29, 1.82) is 0 Å². The number of hydrogen-bond donors (Lipinski definition) is 2. The zero-order valence-corrected chi connectivity index (χ0v) is 16.7. The molecule has 1 atom stereocenters. The SMILES string of the molecule is CCCCN1CCC[C@@H]1Cc1c[nH]c2ccc(Nc3ncccc3[N+](=O)[O-])cc12. The highest BCUT2D eigenvalue weighted by atomic mass is 16.6. The maximum Gasteiger partial charge on any atom is 0.311 e. The molecule has 0 unspecified atom stereocenters. The Kier molecular flexibility index (Phi) is 5.76. The average molecular weight is 393 g/mol. The van der Waals surface area contributed by atoms with Crippen molar-refractivity contribution in [1.82, 2.24) is 14.9 Å². The summed E-state index contributed by atoms with van der Waals surface area (Å²) in [6.45, 7) is 4.62. The van der Waals surface area contributed by atoms with Crippen LogP contribution in [0.5, 0.6) is 0 Å². The Morgan fingerprint density at radius 3 is 3.10 bits per heavy atom. The Balaban J connectivity index is 1.56. The number of aromatic amines is 1. The van der Waals surface area contributed by atoms with Crippen molar-refractivity contribution in [3.63, 3.8) is 0 Å². The third-order valence-electron chi connectivity index (χ3n) is 5.77. The molecule has 1 saturated heterocycles. The molecule has 0 spiro atoms. The van der Waals surface area contributed by atoms with Crippen molar-refractivity contribution in [3.05, 3.63) is 58.4 Å². The molecule has 152 valence electrons. The van der Waals surface area contributed by atoms with Crippen molar-refractivity contribution in [2.24, 2.45) is 0 Å². The van der Waals surface area contributed by atoms with Gasteiger partial charge in [0.15, 0.2) is 0 Å². The van der Waals surface area contributed by atoms with Gasteiger partial charge < -0.3 is 15.2 Å². The fourth-order valence-corrected chi connectivity index (χ4v) is 4.24. The molecule has 2 aromatic heterocycles. The Bertz CT molecular complexity index is 1000. The van der Waals surface area contributed by atoms with E-state index >= 15 is 0 Å². The molecule has 0 saturated carbocycles. The van der Waals surface area contributed by atoms with Gasteiger partial charge in [-0.15, -0.1) is 0 Å². The molecule has 3 heterocycles. The number of nitro groups is 1. The van der Waals surface area contributed by atoms with E-state index in [1.54, 1.807) is 12.3 Å². The molecule has 2 N–H and O–H groups in total. The first-order chi connectivity index (χ1) is 14.2. The van der Waals surface area contributed by atoms with Crippen LogP contribution in [0.15, 0.2) is 42.7 Å². The number of hydrogen-bond acceptors (Lipinski definition) is 5. The van der Waals surface area contributed by atoms with E-state index in [0.717, 1.165) is 23.0 Å². The van der Waals surface area contributed by atoms with Gasteiger partial charge >= 0.3 is 5.69 Å². The molecule has 1 fully saturated rings. The van der Waals surface area contributed by atoms with Gasteiger partial charge in [0, 0.05) is 41.1 Å². The number of pyridine rings is 1. The van der Waals surface area contributed by atoms with Gasteiger partial charge in [0.1, 0.15) is 0 Å². The highest BCUT2D eigenvalue weighted by Crippen LogP contribution is 2.30. The van der Waals surface area contributed by atoms with Crippen molar-refractivity contribution < 1.29 is 4.92 Å². The summed E-state index contributed by atoms with van der Waals surface area (Å²) in [6, 6.07) is 9.62.